The molecule has 56 heavy (non-hydrogen) atoms. The lowest BCUT2D eigenvalue weighted by Crippen LogP contribution is -2.75. The summed E-state index contributed by atoms with van der Waals surface area (Å²) in [5, 5.41) is 29.7. The molecule has 310 valence electrons. The molecule has 6 N–H and O–H groups in total. The number of carbonyl (C=O) groups is 8. The van der Waals surface area contributed by atoms with Gasteiger partial charge in [0, 0.05) is 46.2 Å². The van der Waals surface area contributed by atoms with E-state index in [1.54, 1.807) is 0 Å². The van der Waals surface area contributed by atoms with Crippen molar-refractivity contribution >= 4 is 53.3 Å². The number of nitrogens with zero attached hydrogens (tertiary/aromatic N) is 1. The van der Waals surface area contributed by atoms with Crippen molar-refractivity contribution in [2.45, 2.75) is 102 Å². The molecule has 0 saturated carbocycles. The summed E-state index contributed by atoms with van der Waals surface area (Å²) in [5.74, 6) is -7.79. The molecular weight excluding hydrogens is 754 g/mol. The van der Waals surface area contributed by atoms with Crippen LogP contribution in [-0.4, -0.2) is 126 Å². The number of ether oxygens (including phenoxy) is 7. The molecule has 0 aliphatic carbocycles. The van der Waals surface area contributed by atoms with Crippen LogP contribution in [0.4, 0.5) is 5.69 Å². The van der Waals surface area contributed by atoms with Crippen LogP contribution >= 0.6 is 0 Å². The second-order valence-corrected chi connectivity index (χ2v) is 12.8. The molecule has 1 aromatic rings. The average molecular weight is 800 g/mol. The van der Waals surface area contributed by atoms with Gasteiger partial charge < -0.3 is 59.9 Å². The van der Waals surface area contributed by atoms with Crippen molar-refractivity contribution in [3.8, 4) is 5.75 Å². The number of nitrogens with two attached hydrogens (primary N) is 1. The monoisotopic (exact) mass is 799 g/mol. The van der Waals surface area contributed by atoms with Crippen LogP contribution in [0.15, 0.2) is 24.3 Å². The van der Waals surface area contributed by atoms with Gasteiger partial charge in [-0.15, -0.1) is 0 Å². The standard InChI is InChI=1S/C33H45N5O18/c1-16(39)36-33(47)27(54-19(4)42)26(53-18(3)41)24(15-51-17(2)40)56-31(33)52-14-23(35-28(44)22(34)12-13-25(43)50-7)29(45)37-32(5,6)30(46)55-21-10-8-20(9-11-21)38(48)49/h8-11,22-24,26-27,31,47H,12-15,34H2,1-7H3,(H,35,44)(H,36,39)(H,37,45)/t22?,23?,24-,26-,27+,31-,33-/m1/s1. The van der Waals surface area contributed by atoms with Gasteiger partial charge in [-0.3, -0.25) is 43.7 Å². The smallest absolute Gasteiger partial charge is 0.336 e. The molecule has 1 aromatic carbocycles. The number of nitro groups is 1. The Kier molecular flexibility index (Phi) is 16.8. The summed E-state index contributed by atoms with van der Waals surface area (Å²) in [6.45, 7) is 4.69. The predicted molar refractivity (Wildman–Crippen MR) is 183 cm³/mol. The number of carbonyl (C=O) groups excluding carboxylic acids is 8. The lowest BCUT2D eigenvalue weighted by molar-refractivity contribution is -0.384. The summed E-state index contributed by atoms with van der Waals surface area (Å²) < 4.78 is 36.9. The van der Waals surface area contributed by atoms with Gasteiger partial charge in [0.1, 0.15) is 30.0 Å². The molecular formula is C33H45N5O18. The van der Waals surface area contributed by atoms with Gasteiger partial charge in [0.2, 0.25) is 29.7 Å². The van der Waals surface area contributed by atoms with E-state index in [1.807, 2.05) is 0 Å². The first-order valence-electron chi connectivity index (χ1n) is 16.7. The van der Waals surface area contributed by atoms with Gasteiger partial charge in [0.05, 0.1) is 24.7 Å². The zero-order chi connectivity index (χ0) is 42.5. The largest absolute Gasteiger partial charge is 0.469 e. The van der Waals surface area contributed by atoms with Gasteiger partial charge in [-0.25, -0.2) is 4.79 Å². The quantitative estimate of drug-likeness (QED) is 0.0272. The number of rotatable bonds is 18. The third-order valence-electron chi connectivity index (χ3n) is 7.65. The molecule has 23 nitrogen and oxygen atoms in total. The van der Waals surface area contributed by atoms with Gasteiger partial charge in [0.25, 0.3) is 5.69 Å². The molecule has 1 fully saturated rings. The molecule has 1 heterocycles. The van der Waals surface area contributed by atoms with Crippen molar-refractivity contribution in [1.82, 2.24) is 16.0 Å². The Balaban J connectivity index is 2.51. The summed E-state index contributed by atoms with van der Waals surface area (Å²) >= 11 is 0. The highest BCUT2D eigenvalue weighted by molar-refractivity contribution is 5.94. The predicted octanol–water partition coefficient (Wildman–Crippen LogP) is -1.85. The molecule has 0 spiro atoms. The van der Waals surface area contributed by atoms with Crippen molar-refractivity contribution < 1.29 is 81.5 Å². The maximum Gasteiger partial charge on any atom is 0.336 e. The minimum atomic E-state index is -2.90. The third-order valence-corrected chi connectivity index (χ3v) is 7.65. The van der Waals surface area contributed by atoms with Crippen LogP contribution < -0.4 is 26.4 Å². The number of nitrogens with one attached hydrogen (secondary N) is 3. The van der Waals surface area contributed by atoms with Crippen LogP contribution in [0.2, 0.25) is 0 Å². The van der Waals surface area contributed by atoms with Crippen LogP contribution in [-0.2, 0) is 66.8 Å². The van der Waals surface area contributed by atoms with Gasteiger partial charge in [-0.1, -0.05) is 0 Å². The fourth-order valence-corrected chi connectivity index (χ4v) is 4.96. The fourth-order valence-electron chi connectivity index (χ4n) is 4.96. The van der Waals surface area contributed by atoms with E-state index >= 15 is 0 Å². The summed E-state index contributed by atoms with van der Waals surface area (Å²) in [7, 11) is 1.12. The van der Waals surface area contributed by atoms with E-state index in [0.29, 0.717) is 0 Å². The molecule has 3 amide bonds. The first-order chi connectivity index (χ1) is 26.0. The maximum atomic E-state index is 13.8. The number of methoxy groups -OCH3 is 1. The lowest BCUT2D eigenvalue weighted by Gasteiger charge is -2.49. The molecule has 0 bridgehead atoms. The van der Waals surface area contributed by atoms with Crippen LogP contribution in [0.1, 0.15) is 54.4 Å². The molecule has 2 rings (SSSR count). The van der Waals surface area contributed by atoms with E-state index in [1.165, 1.54) is 13.8 Å². The van der Waals surface area contributed by atoms with E-state index in [0.717, 1.165) is 59.1 Å². The maximum absolute atomic E-state index is 13.8. The minimum Gasteiger partial charge on any atom is -0.469 e. The van der Waals surface area contributed by atoms with Gasteiger partial charge in [0.15, 0.2) is 12.2 Å². The summed E-state index contributed by atoms with van der Waals surface area (Å²) in [6, 6.07) is 1.21. The topological polar surface area (TPSA) is 327 Å². The van der Waals surface area contributed by atoms with Crippen molar-refractivity contribution in [3.05, 3.63) is 34.4 Å². The van der Waals surface area contributed by atoms with Crippen molar-refractivity contribution in [2.24, 2.45) is 5.73 Å². The number of aliphatic hydroxyl groups is 1. The van der Waals surface area contributed by atoms with Crippen LogP contribution in [0.3, 0.4) is 0 Å². The third kappa shape index (κ3) is 13.5. The number of hydrogen-bond acceptors (Lipinski definition) is 19. The SMILES string of the molecule is COC(=O)CCC(N)C(=O)NC(CO[C@@H]1O[C@H](COC(C)=O)[C@@H](OC(C)=O)[C@H](OC(C)=O)[C@]1(O)NC(C)=O)C(=O)NC(C)(C)C(=O)Oc1ccc([N+](=O)[O-])cc1. The van der Waals surface area contributed by atoms with Crippen LogP contribution in [0.25, 0.3) is 0 Å². The molecule has 7 atom stereocenters. The first-order valence-corrected chi connectivity index (χ1v) is 16.7. The number of benzene rings is 1. The van der Waals surface area contributed by atoms with Crippen LogP contribution in [0, 0.1) is 10.1 Å². The zero-order valence-corrected chi connectivity index (χ0v) is 31.5. The Morgan fingerprint density at radius 1 is 0.982 bits per heavy atom. The highest BCUT2D eigenvalue weighted by atomic mass is 16.7. The van der Waals surface area contributed by atoms with Crippen LogP contribution in [0.5, 0.6) is 5.75 Å². The Hall–Kier alpha value is -5.78. The number of non-ortho nitro benzene ring substituents is 1. The molecule has 1 aliphatic heterocycles. The molecule has 1 saturated heterocycles. The molecule has 1 aliphatic rings. The summed E-state index contributed by atoms with van der Waals surface area (Å²) in [6.07, 6.45) is -7.97. The average Bonchev–Trinajstić information content (AvgIpc) is 3.09. The van der Waals surface area contributed by atoms with Gasteiger partial charge in [-0.2, -0.15) is 0 Å². The number of nitro benzene ring substituents is 1. The Bertz CT molecular complexity index is 1650. The Morgan fingerprint density at radius 2 is 1.59 bits per heavy atom. The number of esters is 5. The first kappa shape index (κ1) is 46.4. The van der Waals surface area contributed by atoms with E-state index < -0.39 is 114 Å². The normalized spacial score (nSPS) is 21.5. The highest BCUT2D eigenvalue weighted by Gasteiger charge is 2.61. The van der Waals surface area contributed by atoms with Crippen molar-refractivity contribution in [2.75, 3.05) is 20.3 Å². The zero-order valence-electron chi connectivity index (χ0n) is 31.5. The molecule has 2 unspecified atom stereocenters. The van der Waals surface area contributed by atoms with Crippen molar-refractivity contribution in [3.63, 3.8) is 0 Å². The van der Waals surface area contributed by atoms with Crippen molar-refractivity contribution in [1.29, 1.82) is 0 Å². The fraction of sp³-hybridized carbons (Fsp3) is 0.576. The second kappa shape index (κ2) is 20.2. The number of hydrogen-bond donors (Lipinski definition) is 5. The second-order valence-electron chi connectivity index (χ2n) is 12.8. The van der Waals surface area contributed by atoms with Gasteiger partial charge in [-0.05, 0) is 32.4 Å². The van der Waals surface area contributed by atoms with E-state index in [4.69, 9.17) is 34.2 Å². The lowest BCUT2D eigenvalue weighted by atomic mass is 9.92. The van der Waals surface area contributed by atoms with E-state index in [2.05, 4.69) is 20.7 Å². The minimum absolute atomic E-state index is 0.114. The van der Waals surface area contributed by atoms with Gasteiger partial charge >= 0.3 is 29.8 Å². The molecule has 0 radical (unpaired) electrons. The summed E-state index contributed by atoms with van der Waals surface area (Å²) in [5.41, 5.74) is 0.877. The number of amides is 3. The highest BCUT2D eigenvalue weighted by Crippen LogP contribution is 2.34. The molecule has 0 aromatic heterocycles. The summed E-state index contributed by atoms with van der Waals surface area (Å²) in [4.78, 5) is 110. The Morgan fingerprint density at radius 3 is 2.11 bits per heavy atom. The molecule has 23 heteroatoms. The van der Waals surface area contributed by atoms with E-state index in [-0.39, 0.29) is 24.3 Å². The Labute approximate surface area is 319 Å². The van der Waals surface area contributed by atoms with E-state index in [9.17, 15) is 53.6 Å².